The zero-order valence-corrected chi connectivity index (χ0v) is 18.5. The van der Waals surface area contributed by atoms with Gasteiger partial charge in [-0.2, -0.15) is 15.1 Å². The first kappa shape index (κ1) is 21.6. The maximum Gasteiger partial charge on any atom is 0.407 e. The molecule has 2 aromatic heterocycles. The van der Waals surface area contributed by atoms with Crippen LogP contribution in [0, 0.1) is 6.92 Å². The maximum atomic E-state index is 15.0. The van der Waals surface area contributed by atoms with Gasteiger partial charge in [0, 0.05) is 29.8 Å². The molecule has 9 nitrogen and oxygen atoms in total. The molecule has 2 fully saturated rings. The topological polar surface area (TPSA) is 114 Å². The lowest BCUT2D eigenvalue weighted by Crippen LogP contribution is -2.43. The number of aliphatic hydroxyl groups is 1. The highest BCUT2D eigenvalue weighted by atomic mass is 19.1. The molecule has 33 heavy (non-hydrogen) atoms. The SMILES string of the molecule is COc1nc(-n2ncc3cc(C)c(C4CCN(C(=O)O)CC4F)cc32)cc([C@H]2C[C@@H](O)C2)n1. The number of amides is 1. The second kappa shape index (κ2) is 8.26. The van der Waals surface area contributed by atoms with E-state index in [4.69, 9.17) is 4.74 Å². The van der Waals surface area contributed by atoms with E-state index in [1.165, 1.54) is 7.11 Å². The van der Waals surface area contributed by atoms with E-state index in [0.717, 1.165) is 32.6 Å². The monoisotopic (exact) mass is 455 g/mol. The van der Waals surface area contributed by atoms with Gasteiger partial charge in [-0.15, -0.1) is 0 Å². The van der Waals surface area contributed by atoms with Crippen LogP contribution in [-0.4, -0.2) is 73.4 Å². The Hall–Kier alpha value is -3.27. The fourth-order valence-electron chi connectivity index (χ4n) is 4.88. The average Bonchev–Trinajstić information content (AvgIpc) is 3.18. The van der Waals surface area contributed by atoms with Crippen molar-refractivity contribution in [2.75, 3.05) is 20.2 Å². The predicted octanol–water partition coefficient (Wildman–Crippen LogP) is 3.18. The van der Waals surface area contributed by atoms with Crippen molar-refractivity contribution in [1.82, 2.24) is 24.6 Å². The summed E-state index contributed by atoms with van der Waals surface area (Å²) in [6, 6.07) is 6.00. The number of aliphatic hydroxyl groups excluding tert-OH is 1. The van der Waals surface area contributed by atoms with Crippen LogP contribution in [0.2, 0.25) is 0 Å². The lowest BCUT2D eigenvalue weighted by atomic mass is 9.80. The molecule has 174 valence electrons. The number of fused-ring (bicyclic) bond motifs is 1. The van der Waals surface area contributed by atoms with Crippen LogP contribution in [0.5, 0.6) is 6.01 Å². The molecule has 10 heteroatoms. The van der Waals surface area contributed by atoms with Crippen molar-refractivity contribution < 1.29 is 24.1 Å². The van der Waals surface area contributed by atoms with E-state index in [2.05, 4.69) is 15.1 Å². The average molecular weight is 455 g/mol. The van der Waals surface area contributed by atoms with Crippen molar-refractivity contribution in [3.05, 3.63) is 41.2 Å². The number of likely N-dealkylation sites (tertiary alicyclic amines) is 1. The van der Waals surface area contributed by atoms with E-state index < -0.39 is 12.3 Å². The molecular weight excluding hydrogens is 429 g/mol. The second-order valence-corrected chi connectivity index (χ2v) is 8.92. The van der Waals surface area contributed by atoms with Crippen LogP contribution >= 0.6 is 0 Å². The number of benzene rings is 1. The summed E-state index contributed by atoms with van der Waals surface area (Å²) in [6.07, 6.45) is 0.783. The van der Waals surface area contributed by atoms with E-state index in [1.807, 2.05) is 25.1 Å². The molecule has 1 saturated heterocycles. The Balaban J connectivity index is 1.53. The number of alkyl halides is 1. The second-order valence-electron chi connectivity index (χ2n) is 8.92. The third kappa shape index (κ3) is 3.88. The van der Waals surface area contributed by atoms with Crippen molar-refractivity contribution in [3.63, 3.8) is 0 Å². The summed E-state index contributed by atoms with van der Waals surface area (Å²) in [4.78, 5) is 21.3. The first-order chi connectivity index (χ1) is 15.8. The minimum atomic E-state index is -1.28. The van der Waals surface area contributed by atoms with Gasteiger partial charge in [-0.25, -0.2) is 13.9 Å². The Morgan fingerprint density at radius 3 is 2.70 bits per heavy atom. The molecule has 3 heterocycles. The molecule has 1 aromatic carbocycles. The molecule has 1 amide bonds. The highest BCUT2D eigenvalue weighted by Crippen LogP contribution is 2.38. The molecule has 2 unspecified atom stereocenters. The Morgan fingerprint density at radius 2 is 2.03 bits per heavy atom. The predicted molar refractivity (Wildman–Crippen MR) is 118 cm³/mol. The highest BCUT2D eigenvalue weighted by molar-refractivity contribution is 5.82. The van der Waals surface area contributed by atoms with Crippen molar-refractivity contribution in [3.8, 4) is 11.8 Å². The zero-order chi connectivity index (χ0) is 23.3. The normalized spacial score (nSPS) is 25.2. The van der Waals surface area contributed by atoms with Crippen LogP contribution in [0.15, 0.2) is 24.4 Å². The number of hydrogen-bond acceptors (Lipinski definition) is 6. The van der Waals surface area contributed by atoms with Gasteiger partial charge in [0.15, 0.2) is 5.82 Å². The number of hydrogen-bond donors (Lipinski definition) is 2. The van der Waals surface area contributed by atoms with Gasteiger partial charge in [0.2, 0.25) is 0 Å². The largest absolute Gasteiger partial charge is 0.467 e. The number of carboxylic acid groups (broad SMARTS) is 1. The van der Waals surface area contributed by atoms with Crippen molar-refractivity contribution in [2.45, 2.75) is 50.3 Å². The summed E-state index contributed by atoms with van der Waals surface area (Å²) in [5.74, 6) is 0.294. The van der Waals surface area contributed by atoms with Crippen LogP contribution < -0.4 is 4.74 Å². The summed E-state index contributed by atoms with van der Waals surface area (Å²) in [5, 5.41) is 24.3. The minimum absolute atomic E-state index is 0.129. The van der Waals surface area contributed by atoms with Crippen LogP contribution in [0.25, 0.3) is 16.7 Å². The molecule has 2 atom stereocenters. The summed E-state index contributed by atoms with van der Waals surface area (Å²) >= 11 is 0. The fraction of sp³-hybridized carbons (Fsp3) is 0.478. The van der Waals surface area contributed by atoms with Crippen molar-refractivity contribution in [2.24, 2.45) is 0 Å². The lowest BCUT2D eigenvalue weighted by molar-refractivity contribution is 0.0729. The van der Waals surface area contributed by atoms with Gasteiger partial charge in [0.25, 0.3) is 0 Å². The Labute approximate surface area is 189 Å². The number of carbonyl (C=O) groups is 1. The van der Waals surface area contributed by atoms with Crippen LogP contribution in [0.4, 0.5) is 9.18 Å². The third-order valence-electron chi connectivity index (χ3n) is 6.81. The van der Waals surface area contributed by atoms with Crippen molar-refractivity contribution >= 4 is 17.0 Å². The van der Waals surface area contributed by atoms with Gasteiger partial charge in [-0.3, -0.25) is 0 Å². The smallest absolute Gasteiger partial charge is 0.407 e. The van der Waals surface area contributed by atoms with Gasteiger partial charge >= 0.3 is 12.1 Å². The summed E-state index contributed by atoms with van der Waals surface area (Å²) in [7, 11) is 1.51. The highest BCUT2D eigenvalue weighted by Gasteiger charge is 2.34. The number of halogens is 1. The first-order valence-electron chi connectivity index (χ1n) is 11.1. The molecule has 0 radical (unpaired) electrons. The lowest BCUT2D eigenvalue weighted by Gasteiger charge is -2.34. The van der Waals surface area contributed by atoms with E-state index in [0.29, 0.717) is 31.6 Å². The quantitative estimate of drug-likeness (QED) is 0.621. The number of ether oxygens (including phenoxy) is 1. The molecule has 1 aliphatic heterocycles. The van der Waals surface area contributed by atoms with Gasteiger partial charge < -0.3 is 19.8 Å². The standard InChI is InChI=1S/C23H26FN5O4/c1-12-5-14-10-25-29(21-9-19(13-6-15(30)7-13)26-22(27-21)33-2)20(14)8-17(12)16-3-4-28(23(31)32)11-18(16)24/h5,8-10,13,15-16,18,30H,3-4,6-7,11H2,1-2H3,(H,31,32)/t13-,15+,16?,18?. The Morgan fingerprint density at radius 1 is 1.24 bits per heavy atom. The van der Waals surface area contributed by atoms with E-state index >= 15 is 4.39 Å². The third-order valence-corrected chi connectivity index (χ3v) is 6.81. The van der Waals surface area contributed by atoms with Gasteiger partial charge in [0.1, 0.15) is 6.17 Å². The number of piperidine rings is 1. The van der Waals surface area contributed by atoms with Crippen LogP contribution in [-0.2, 0) is 0 Å². The number of aryl methyl sites for hydroxylation is 1. The Bertz CT molecular complexity index is 1210. The molecule has 2 N–H and O–H groups in total. The maximum absolute atomic E-state index is 15.0. The Kier molecular flexibility index (Phi) is 5.40. The van der Waals surface area contributed by atoms with Gasteiger partial charge in [-0.1, -0.05) is 0 Å². The summed E-state index contributed by atoms with van der Waals surface area (Å²) < 4.78 is 22.0. The van der Waals surface area contributed by atoms with E-state index in [9.17, 15) is 15.0 Å². The number of rotatable bonds is 4. The van der Waals surface area contributed by atoms with E-state index in [-0.39, 0.29) is 30.5 Å². The molecule has 3 aromatic rings. The fourth-order valence-corrected chi connectivity index (χ4v) is 4.88. The molecular formula is C23H26FN5O4. The minimum Gasteiger partial charge on any atom is -0.467 e. The molecule has 5 rings (SSSR count). The molecule has 1 aliphatic carbocycles. The molecule has 0 spiro atoms. The summed E-state index contributed by atoms with van der Waals surface area (Å²) in [5.41, 5.74) is 3.37. The van der Waals surface area contributed by atoms with Crippen molar-refractivity contribution in [1.29, 1.82) is 0 Å². The molecule has 1 saturated carbocycles. The van der Waals surface area contributed by atoms with E-state index in [1.54, 1.807) is 10.9 Å². The summed E-state index contributed by atoms with van der Waals surface area (Å²) in [6.45, 7) is 2.11. The number of methoxy groups -OCH3 is 1. The van der Waals surface area contributed by atoms with Gasteiger partial charge in [0.05, 0.1) is 37.2 Å². The van der Waals surface area contributed by atoms with Gasteiger partial charge in [-0.05, 0) is 49.4 Å². The van der Waals surface area contributed by atoms with Crippen LogP contribution in [0.1, 0.15) is 47.9 Å². The van der Waals surface area contributed by atoms with Crippen LogP contribution in [0.3, 0.4) is 0 Å². The number of nitrogens with zero attached hydrogens (tertiary/aromatic N) is 5. The molecule has 0 bridgehead atoms. The number of aromatic nitrogens is 4. The first-order valence-corrected chi connectivity index (χ1v) is 11.1. The molecule has 2 aliphatic rings. The zero-order valence-electron chi connectivity index (χ0n) is 18.5.